The molecule has 0 aromatic heterocycles. The van der Waals surface area contributed by atoms with Gasteiger partial charge in [0.15, 0.2) is 0 Å². The predicted molar refractivity (Wildman–Crippen MR) is 48.6 cm³/mol. The number of ether oxygens (including phenoxy) is 2. The number of carbonyl (C=O) groups is 2. The Morgan fingerprint density at radius 2 is 2.50 bits per heavy atom. The van der Waals surface area contributed by atoms with Crippen molar-refractivity contribution in [3.8, 4) is 0 Å². The molecule has 1 amide bonds. The summed E-state index contributed by atoms with van der Waals surface area (Å²) in [4.78, 5) is 21.2. The van der Waals surface area contributed by atoms with Gasteiger partial charge >= 0.3 is 12.1 Å². The Morgan fingerprint density at radius 1 is 1.79 bits per heavy atom. The van der Waals surface area contributed by atoms with E-state index < -0.39 is 6.09 Å². The molecule has 2 atom stereocenters. The van der Waals surface area contributed by atoms with Gasteiger partial charge in [-0.3, -0.25) is 4.79 Å². The summed E-state index contributed by atoms with van der Waals surface area (Å²) in [6.07, 6.45) is 2.75. The minimum Gasteiger partial charge on any atom is -0.459 e. The highest BCUT2D eigenvalue weighted by Crippen LogP contribution is 2.01. The third-order valence-corrected chi connectivity index (χ3v) is 1.66. The average Bonchev–Trinajstić information content (AvgIpc) is 2.47. The summed E-state index contributed by atoms with van der Waals surface area (Å²) in [6.45, 7) is 3.42. The molecule has 5 heteroatoms. The second kappa shape index (κ2) is 4.64. The molecule has 1 rings (SSSR count). The first-order chi connectivity index (χ1) is 6.58. The van der Waals surface area contributed by atoms with E-state index in [0.29, 0.717) is 6.61 Å². The number of cyclic esters (lactones) is 1. The number of esters is 1. The predicted octanol–water partition coefficient (Wildman–Crippen LogP) is 0.603. The van der Waals surface area contributed by atoms with Crippen molar-refractivity contribution in [1.29, 1.82) is 0 Å². The molecule has 14 heavy (non-hydrogen) atoms. The Balaban J connectivity index is 2.32. The van der Waals surface area contributed by atoms with Crippen molar-refractivity contribution in [1.82, 2.24) is 5.32 Å². The second-order valence-corrected chi connectivity index (χ2v) is 3.05. The lowest BCUT2D eigenvalue weighted by Gasteiger charge is -2.07. The maximum atomic E-state index is 10.6. The normalized spacial score (nSPS) is 23.0. The zero-order chi connectivity index (χ0) is 10.6. The van der Waals surface area contributed by atoms with Crippen LogP contribution in [0.3, 0.4) is 0 Å². The van der Waals surface area contributed by atoms with Gasteiger partial charge in [0.25, 0.3) is 0 Å². The van der Waals surface area contributed by atoms with E-state index in [1.807, 2.05) is 0 Å². The summed E-state index contributed by atoms with van der Waals surface area (Å²) >= 11 is 0. The molecule has 1 heterocycles. The number of rotatable bonds is 3. The first kappa shape index (κ1) is 10.6. The van der Waals surface area contributed by atoms with Crippen molar-refractivity contribution in [2.24, 2.45) is 0 Å². The third kappa shape index (κ3) is 3.47. The Kier molecular flexibility index (Phi) is 3.50. The van der Waals surface area contributed by atoms with Gasteiger partial charge in [-0.25, -0.2) is 4.79 Å². The van der Waals surface area contributed by atoms with E-state index >= 15 is 0 Å². The lowest BCUT2D eigenvalue weighted by atomic mass is 10.2. The van der Waals surface area contributed by atoms with Crippen LogP contribution in [0.1, 0.15) is 13.8 Å². The first-order valence-electron chi connectivity index (χ1n) is 4.37. The van der Waals surface area contributed by atoms with Crippen molar-refractivity contribution < 1.29 is 19.1 Å². The average molecular weight is 199 g/mol. The van der Waals surface area contributed by atoms with Crippen LogP contribution in [0.2, 0.25) is 0 Å². The fourth-order valence-electron chi connectivity index (χ4n) is 1.10. The summed E-state index contributed by atoms with van der Waals surface area (Å²) in [6, 6.07) is -0.125. The van der Waals surface area contributed by atoms with E-state index in [4.69, 9.17) is 4.74 Å². The maximum absolute atomic E-state index is 10.6. The molecule has 0 unspecified atom stereocenters. The fourth-order valence-corrected chi connectivity index (χ4v) is 1.10. The molecule has 0 radical (unpaired) electrons. The SMILES string of the molecule is CC(=O)O[C@H](C)/C=C/[C@H]1COC(=O)N1. The molecule has 5 nitrogen and oxygen atoms in total. The lowest BCUT2D eigenvalue weighted by molar-refractivity contribution is -0.143. The molecule has 0 aromatic rings. The van der Waals surface area contributed by atoms with E-state index in [0.717, 1.165) is 0 Å². The number of amides is 1. The number of hydrogen-bond acceptors (Lipinski definition) is 4. The van der Waals surface area contributed by atoms with Crippen LogP contribution in [0.5, 0.6) is 0 Å². The molecule has 0 bridgehead atoms. The summed E-state index contributed by atoms with van der Waals surface area (Å²) < 4.78 is 9.53. The molecule has 1 fully saturated rings. The van der Waals surface area contributed by atoms with Crippen LogP contribution in [-0.4, -0.2) is 30.8 Å². The Bertz CT molecular complexity index is 262. The molecule has 0 aromatic carbocycles. The molecule has 1 saturated heterocycles. The Hall–Kier alpha value is -1.52. The molecule has 0 aliphatic carbocycles. The minimum atomic E-state index is -0.417. The van der Waals surface area contributed by atoms with Gasteiger partial charge in [0.1, 0.15) is 12.7 Å². The van der Waals surface area contributed by atoms with E-state index in [1.165, 1.54) is 6.92 Å². The Labute approximate surface area is 82.1 Å². The van der Waals surface area contributed by atoms with Crippen LogP contribution in [-0.2, 0) is 14.3 Å². The standard InChI is InChI=1S/C9H13NO4/c1-6(14-7(2)11)3-4-8-5-13-9(12)10-8/h3-4,6,8H,5H2,1-2H3,(H,10,12)/b4-3+/t6-,8+/m1/s1. The molecular formula is C9H13NO4. The van der Waals surface area contributed by atoms with Gasteiger partial charge in [0.2, 0.25) is 0 Å². The lowest BCUT2D eigenvalue weighted by Crippen LogP contribution is -2.24. The summed E-state index contributed by atoms with van der Waals surface area (Å²) in [5, 5.41) is 2.57. The van der Waals surface area contributed by atoms with E-state index in [1.54, 1.807) is 19.1 Å². The minimum absolute atomic E-state index is 0.125. The number of alkyl carbamates (subject to hydrolysis) is 1. The van der Waals surface area contributed by atoms with Gasteiger partial charge in [-0.05, 0) is 13.0 Å². The summed E-state index contributed by atoms with van der Waals surface area (Å²) in [7, 11) is 0. The highest BCUT2D eigenvalue weighted by atomic mass is 16.6. The van der Waals surface area contributed by atoms with Gasteiger partial charge in [0.05, 0.1) is 6.04 Å². The van der Waals surface area contributed by atoms with E-state index in [2.05, 4.69) is 10.1 Å². The van der Waals surface area contributed by atoms with Crippen LogP contribution >= 0.6 is 0 Å². The van der Waals surface area contributed by atoms with Gasteiger partial charge in [0, 0.05) is 6.92 Å². The van der Waals surface area contributed by atoms with Gasteiger partial charge in [-0.2, -0.15) is 0 Å². The van der Waals surface area contributed by atoms with Crippen LogP contribution in [0.15, 0.2) is 12.2 Å². The molecule has 1 aliphatic rings. The second-order valence-electron chi connectivity index (χ2n) is 3.05. The quantitative estimate of drug-likeness (QED) is 0.534. The number of nitrogens with one attached hydrogen (secondary N) is 1. The third-order valence-electron chi connectivity index (χ3n) is 1.66. The Morgan fingerprint density at radius 3 is 3.00 bits per heavy atom. The van der Waals surface area contributed by atoms with Crippen LogP contribution in [0, 0.1) is 0 Å². The fraction of sp³-hybridized carbons (Fsp3) is 0.556. The summed E-state index contributed by atoms with van der Waals surface area (Å²) in [5.41, 5.74) is 0. The smallest absolute Gasteiger partial charge is 0.407 e. The van der Waals surface area contributed by atoms with Gasteiger partial charge in [-0.15, -0.1) is 0 Å². The van der Waals surface area contributed by atoms with Crippen molar-refractivity contribution >= 4 is 12.1 Å². The maximum Gasteiger partial charge on any atom is 0.407 e. The molecule has 0 saturated carbocycles. The zero-order valence-electron chi connectivity index (χ0n) is 8.15. The zero-order valence-corrected chi connectivity index (χ0v) is 8.15. The van der Waals surface area contributed by atoms with E-state index in [-0.39, 0.29) is 18.1 Å². The molecule has 0 spiro atoms. The highest BCUT2D eigenvalue weighted by Gasteiger charge is 2.19. The van der Waals surface area contributed by atoms with E-state index in [9.17, 15) is 9.59 Å². The first-order valence-corrected chi connectivity index (χ1v) is 4.37. The molecule has 78 valence electrons. The topological polar surface area (TPSA) is 64.6 Å². The van der Waals surface area contributed by atoms with Gasteiger partial charge in [-0.1, -0.05) is 6.08 Å². The van der Waals surface area contributed by atoms with Crippen molar-refractivity contribution in [3.05, 3.63) is 12.2 Å². The molecule has 1 aliphatic heterocycles. The largest absolute Gasteiger partial charge is 0.459 e. The van der Waals surface area contributed by atoms with Crippen LogP contribution < -0.4 is 5.32 Å². The van der Waals surface area contributed by atoms with Crippen LogP contribution in [0.4, 0.5) is 4.79 Å². The van der Waals surface area contributed by atoms with Gasteiger partial charge < -0.3 is 14.8 Å². The monoisotopic (exact) mass is 199 g/mol. The number of hydrogen-bond donors (Lipinski definition) is 1. The van der Waals surface area contributed by atoms with Crippen molar-refractivity contribution in [2.45, 2.75) is 26.0 Å². The molecule has 1 N–H and O–H groups in total. The highest BCUT2D eigenvalue weighted by molar-refractivity contribution is 5.70. The van der Waals surface area contributed by atoms with Crippen LogP contribution in [0.25, 0.3) is 0 Å². The summed E-state index contributed by atoms with van der Waals surface area (Å²) in [5.74, 6) is -0.325. The van der Waals surface area contributed by atoms with Crippen molar-refractivity contribution in [3.63, 3.8) is 0 Å². The number of carbonyl (C=O) groups excluding carboxylic acids is 2. The molecular weight excluding hydrogens is 186 g/mol. The van der Waals surface area contributed by atoms with Crippen molar-refractivity contribution in [2.75, 3.05) is 6.61 Å².